The summed E-state index contributed by atoms with van der Waals surface area (Å²) in [7, 11) is 0. The Morgan fingerprint density at radius 3 is 2.60 bits per heavy atom. The Morgan fingerprint density at radius 2 is 1.97 bits per heavy atom. The summed E-state index contributed by atoms with van der Waals surface area (Å²) in [6, 6.07) is 14.4. The zero-order chi connectivity index (χ0) is 21.5. The quantitative estimate of drug-likeness (QED) is 0.607. The molecule has 0 fully saturated rings. The van der Waals surface area contributed by atoms with Crippen LogP contribution < -0.4 is 5.32 Å². The molecule has 0 aliphatic heterocycles. The molecule has 8 nitrogen and oxygen atoms in total. The van der Waals surface area contributed by atoms with Crippen LogP contribution in [0.15, 0.2) is 54.9 Å². The van der Waals surface area contributed by atoms with Crippen LogP contribution in [0.1, 0.15) is 41.4 Å². The summed E-state index contributed by atoms with van der Waals surface area (Å²) in [5.41, 5.74) is 2.37. The fraction of sp³-hybridized carbons (Fsp3) is 0.227. The van der Waals surface area contributed by atoms with E-state index in [1.807, 2.05) is 19.9 Å². The van der Waals surface area contributed by atoms with Crippen LogP contribution in [0, 0.1) is 11.3 Å². The molecule has 0 aliphatic carbocycles. The van der Waals surface area contributed by atoms with E-state index in [0.717, 1.165) is 5.56 Å². The van der Waals surface area contributed by atoms with Gasteiger partial charge < -0.3 is 10.1 Å². The smallest absolute Gasteiger partial charge is 0.342 e. The molecule has 3 aromatic rings. The van der Waals surface area contributed by atoms with Gasteiger partial charge in [0.05, 0.1) is 24.4 Å². The van der Waals surface area contributed by atoms with Gasteiger partial charge in [-0.3, -0.25) is 4.79 Å². The van der Waals surface area contributed by atoms with Crippen LogP contribution in [-0.4, -0.2) is 33.2 Å². The summed E-state index contributed by atoms with van der Waals surface area (Å²) in [5, 5.41) is 15.6. The van der Waals surface area contributed by atoms with E-state index < -0.39 is 18.5 Å². The second-order valence-electron chi connectivity index (χ2n) is 6.85. The predicted octanol–water partition coefficient (Wildman–Crippen LogP) is 3.25. The van der Waals surface area contributed by atoms with E-state index in [-0.39, 0.29) is 5.92 Å². The number of nitrogens with zero attached hydrogens (tertiary/aromatic N) is 4. The number of pyridine rings is 1. The van der Waals surface area contributed by atoms with Gasteiger partial charge in [0.2, 0.25) is 0 Å². The second kappa shape index (κ2) is 9.47. The van der Waals surface area contributed by atoms with Crippen LogP contribution in [0.2, 0.25) is 0 Å². The first-order valence-electron chi connectivity index (χ1n) is 9.41. The highest BCUT2D eigenvalue weighted by Gasteiger charge is 2.23. The Balaban J connectivity index is 1.65. The van der Waals surface area contributed by atoms with Gasteiger partial charge in [-0.1, -0.05) is 32.0 Å². The molecule has 30 heavy (non-hydrogen) atoms. The molecule has 0 bridgehead atoms. The standard InChI is InChI=1S/C22H21N5O3/c1-15(2)21-18(13-25-27(21)19-5-3-4-12-24-19)22(29)30-14-20(28)26-17-8-6-16(7-9-17)10-11-23/h3-9,12-13,15H,10,14H2,1-2H3,(H,26,28). The Bertz CT molecular complexity index is 1070. The average molecular weight is 403 g/mol. The molecule has 0 atom stereocenters. The highest BCUT2D eigenvalue weighted by molar-refractivity contribution is 5.96. The molecule has 3 rings (SSSR count). The number of ether oxygens (including phenoxy) is 1. The highest BCUT2D eigenvalue weighted by Crippen LogP contribution is 2.23. The van der Waals surface area contributed by atoms with E-state index >= 15 is 0 Å². The van der Waals surface area contributed by atoms with Crippen molar-refractivity contribution in [1.29, 1.82) is 5.26 Å². The maximum atomic E-state index is 12.6. The van der Waals surface area contributed by atoms with Gasteiger partial charge in [-0.05, 0) is 35.7 Å². The van der Waals surface area contributed by atoms with Gasteiger partial charge in [0, 0.05) is 11.9 Å². The molecule has 0 aliphatic rings. The summed E-state index contributed by atoms with van der Waals surface area (Å²) < 4.78 is 6.80. The largest absolute Gasteiger partial charge is 0.452 e. The minimum absolute atomic E-state index is 0.0159. The van der Waals surface area contributed by atoms with Gasteiger partial charge in [-0.2, -0.15) is 10.4 Å². The first kappa shape index (κ1) is 20.7. The van der Waals surface area contributed by atoms with Crippen molar-refractivity contribution in [3.05, 3.63) is 71.7 Å². The Hall–Kier alpha value is -3.99. The molecule has 1 amide bonds. The maximum absolute atomic E-state index is 12.6. The van der Waals surface area contributed by atoms with E-state index in [1.165, 1.54) is 6.20 Å². The number of nitrogens with one attached hydrogen (secondary N) is 1. The Morgan fingerprint density at radius 1 is 1.20 bits per heavy atom. The molecule has 0 spiro atoms. The molecule has 1 N–H and O–H groups in total. The number of carbonyl (C=O) groups excluding carboxylic acids is 2. The zero-order valence-corrected chi connectivity index (χ0v) is 16.7. The number of amides is 1. The van der Waals surface area contributed by atoms with Gasteiger partial charge >= 0.3 is 5.97 Å². The Labute approximate surface area is 174 Å². The number of rotatable bonds is 7. The molecule has 0 saturated carbocycles. The lowest BCUT2D eigenvalue weighted by molar-refractivity contribution is -0.119. The van der Waals surface area contributed by atoms with Crippen LogP contribution in [0.5, 0.6) is 0 Å². The average Bonchev–Trinajstić information content (AvgIpc) is 3.20. The molecule has 8 heteroatoms. The second-order valence-corrected chi connectivity index (χ2v) is 6.85. The summed E-state index contributed by atoms with van der Waals surface area (Å²) >= 11 is 0. The van der Waals surface area contributed by atoms with Crippen molar-refractivity contribution >= 4 is 17.6 Å². The maximum Gasteiger partial charge on any atom is 0.342 e. The van der Waals surface area contributed by atoms with Crippen LogP contribution in [0.3, 0.4) is 0 Å². The summed E-state index contributed by atoms with van der Waals surface area (Å²) in [6.45, 7) is 3.46. The van der Waals surface area contributed by atoms with Crippen molar-refractivity contribution in [3.8, 4) is 11.9 Å². The third kappa shape index (κ3) is 4.89. The van der Waals surface area contributed by atoms with Crippen molar-refractivity contribution in [3.63, 3.8) is 0 Å². The summed E-state index contributed by atoms with van der Waals surface area (Å²) in [4.78, 5) is 29.0. The monoisotopic (exact) mass is 403 g/mol. The lowest BCUT2D eigenvalue weighted by Gasteiger charge is -2.12. The van der Waals surface area contributed by atoms with Gasteiger partial charge in [-0.15, -0.1) is 0 Å². The molecule has 0 radical (unpaired) electrons. The van der Waals surface area contributed by atoms with Crippen molar-refractivity contribution in [2.45, 2.75) is 26.2 Å². The van der Waals surface area contributed by atoms with Gasteiger partial charge in [0.1, 0.15) is 5.56 Å². The van der Waals surface area contributed by atoms with Gasteiger partial charge in [-0.25, -0.2) is 14.5 Å². The minimum atomic E-state index is -0.625. The third-order valence-corrected chi connectivity index (χ3v) is 4.29. The number of esters is 1. The lowest BCUT2D eigenvalue weighted by Crippen LogP contribution is -2.21. The summed E-state index contributed by atoms with van der Waals surface area (Å²) in [5.74, 6) is -0.504. The van der Waals surface area contributed by atoms with Crippen LogP contribution >= 0.6 is 0 Å². The summed E-state index contributed by atoms with van der Waals surface area (Å²) in [6.07, 6.45) is 3.38. The van der Waals surface area contributed by atoms with Crippen molar-refractivity contribution in [1.82, 2.24) is 14.8 Å². The number of hydrogen-bond acceptors (Lipinski definition) is 6. The molecular weight excluding hydrogens is 382 g/mol. The number of hydrogen-bond donors (Lipinski definition) is 1. The topological polar surface area (TPSA) is 110 Å². The number of benzene rings is 1. The molecule has 0 unspecified atom stereocenters. The number of anilines is 1. The number of carbonyl (C=O) groups is 2. The third-order valence-electron chi connectivity index (χ3n) is 4.29. The molecule has 2 heterocycles. The SMILES string of the molecule is CC(C)c1c(C(=O)OCC(=O)Nc2ccc(CC#N)cc2)cnn1-c1ccccn1. The minimum Gasteiger partial charge on any atom is -0.452 e. The van der Waals surface area contributed by atoms with E-state index in [4.69, 9.17) is 10.00 Å². The van der Waals surface area contributed by atoms with E-state index in [2.05, 4.69) is 21.5 Å². The molecule has 152 valence electrons. The first-order valence-corrected chi connectivity index (χ1v) is 9.41. The van der Waals surface area contributed by atoms with Crippen molar-refractivity contribution in [2.75, 3.05) is 11.9 Å². The van der Waals surface area contributed by atoms with Crippen LogP contribution in [-0.2, 0) is 16.0 Å². The van der Waals surface area contributed by atoms with E-state index in [1.54, 1.807) is 47.3 Å². The van der Waals surface area contributed by atoms with E-state index in [9.17, 15) is 9.59 Å². The lowest BCUT2D eigenvalue weighted by atomic mass is 10.1. The van der Waals surface area contributed by atoms with Gasteiger partial charge in [0.15, 0.2) is 12.4 Å². The molecule has 2 aromatic heterocycles. The highest BCUT2D eigenvalue weighted by atomic mass is 16.5. The van der Waals surface area contributed by atoms with Crippen molar-refractivity contribution < 1.29 is 14.3 Å². The molecule has 0 saturated heterocycles. The van der Waals surface area contributed by atoms with E-state index in [0.29, 0.717) is 29.2 Å². The fourth-order valence-corrected chi connectivity index (χ4v) is 2.94. The van der Waals surface area contributed by atoms with Crippen LogP contribution in [0.25, 0.3) is 5.82 Å². The predicted molar refractivity (Wildman–Crippen MR) is 110 cm³/mol. The van der Waals surface area contributed by atoms with Crippen molar-refractivity contribution in [2.24, 2.45) is 0 Å². The molecular formula is C22H21N5O3. The normalized spacial score (nSPS) is 10.5. The number of nitriles is 1. The Kier molecular flexibility index (Phi) is 6.55. The zero-order valence-electron chi connectivity index (χ0n) is 16.7. The molecule has 1 aromatic carbocycles. The number of aromatic nitrogens is 3. The fourth-order valence-electron chi connectivity index (χ4n) is 2.94. The van der Waals surface area contributed by atoms with Gasteiger partial charge in [0.25, 0.3) is 5.91 Å². The van der Waals surface area contributed by atoms with Crippen LogP contribution in [0.4, 0.5) is 5.69 Å². The first-order chi connectivity index (χ1) is 14.5.